The van der Waals surface area contributed by atoms with Gasteiger partial charge in [-0.3, -0.25) is 14.5 Å². The number of hydrogen-bond acceptors (Lipinski definition) is 5. The van der Waals surface area contributed by atoms with Crippen molar-refractivity contribution in [2.24, 2.45) is 0 Å². The summed E-state index contributed by atoms with van der Waals surface area (Å²) in [4.78, 5) is 34.5. The maximum absolute atomic E-state index is 12.0. The second-order valence-corrected chi connectivity index (χ2v) is 7.27. The number of rotatable bonds is 2. The number of nitrogens with one attached hydrogen (secondary N) is 1. The molecule has 136 valence electrons. The maximum Gasteiger partial charge on any atom is 0.254 e. The molecule has 2 saturated heterocycles. The summed E-state index contributed by atoms with van der Waals surface area (Å²) in [6.45, 7) is 3.41. The van der Waals surface area contributed by atoms with Crippen LogP contribution in [0.3, 0.4) is 0 Å². The molecular weight excluding hydrogens is 318 g/mol. The first-order valence-electron chi connectivity index (χ1n) is 8.82. The van der Waals surface area contributed by atoms with Crippen molar-refractivity contribution in [3.63, 3.8) is 0 Å². The van der Waals surface area contributed by atoms with Crippen LogP contribution in [0.5, 0.6) is 0 Å². The highest BCUT2D eigenvalue weighted by Gasteiger charge is 2.41. The lowest BCUT2D eigenvalue weighted by molar-refractivity contribution is -0.120. The van der Waals surface area contributed by atoms with Crippen molar-refractivity contribution in [2.75, 3.05) is 52.2 Å². The fraction of sp³-hybridized carbons (Fsp3) is 0.611. The monoisotopic (exact) mass is 345 g/mol. The van der Waals surface area contributed by atoms with Crippen LogP contribution in [-0.2, 0) is 4.79 Å². The molecule has 25 heavy (non-hydrogen) atoms. The summed E-state index contributed by atoms with van der Waals surface area (Å²) < 4.78 is 0. The van der Waals surface area contributed by atoms with Gasteiger partial charge in [-0.15, -0.1) is 0 Å². The lowest BCUT2D eigenvalue weighted by atomic mass is 9.86. The normalized spacial score (nSPS) is 24.8. The van der Waals surface area contributed by atoms with Crippen LogP contribution in [0.1, 0.15) is 29.6 Å². The largest absolute Gasteiger partial charge is 0.356 e. The van der Waals surface area contributed by atoms with Crippen molar-refractivity contribution < 1.29 is 9.59 Å². The van der Waals surface area contributed by atoms with E-state index in [0.717, 1.165) is 44.8 Å². The molecular formula is C18H27N5O2. The van der Waals surface area contributed by atoms with Crippen molar-refractivity contribution in [2.45, 2.75) is 24.8 Å². The minimum atomic E-state index is -0.0396. The maximum atomic E-state index is 12.0. The second-order valence-electron chi connectivity index (χ2n) is 7.27. The van der Waals surface area contributed by atoms with E-state index in [0.29, 0.717) is 12.0 Å². The molecule has 3 heterocycles. The van der Waals surface area contributed by atoms with E-state index in [1.54, 1.807) is 25.2 Å². The Labute approximate surface area is 149 Å². The van der Waals surface area contributed by atoms with Crippen molar-refractivity contribution >= 4 is 17.6 Å². The number of likely N-dealkylation sites (N-methyl/N-ethyl adjacent to an activating group) is 1. The summed E-state index contributed by atoms with van der Waals surface area (Å²) in [6.07, 6.45) is 4.04. The molecule has 1 aromatic heterocycles. The predicted molar refractivity (Wildman–Crippen MR) is 96.7 cm³/mol. The van der Waals surface area contributed by atoms with Gasteiger partial charge in [0.1, 0.15) is 5.82 Å². The third-order valence-electron chi connectivity index (χ3n) is 5.46. The molecule has 1 unspecified atom stereocenters. The number of pyridine rings is 1. The van der Waals surface area contributed by atoms with Crippen molar-refractivity contribution in [1.29, 1.82) is 0 Å². The fourth-order valence-electron chi connectivity index (χ4n) is 3.75. The van der Waals surface area contributed by atoms with Gasteiger partial charge in [0.15, 0.2) is 0 Å². The molecule has 0 aliphatic carbocycles. The summed E-state index contributed by atoms with van der Waals surface area (Å²) in [5, 5.41) is 2.98. The van der Waals surface area contributed by atoms with Gasteiger partial charge in [0.25, 0.3) is 5.91 Å². The molecule has 0 aromatic carbocycles. The molecule has 2 aliphatic heterocycles. The molecule has 1 N–H and O–H groups in total. The van der Waals surface area contributed by atoms with Gasteiger partial charge in [-0.25, -0.2) is 4.98 Å². The second kappa shape index (κ2) is 7.00. The molecule has 0 radical (unpaired) electrons. The Kier molecular flexibility index (Phi) is 4.94. The third kappa shape index (κ3) is 3.61. The molecule has 3 rings (SSSR count). The SMILES string of the molecule is CN(C)C(=O)c1ccc(N2CCN(C)C3(CCNC(=O)CC3)C2)nc1. The Balaban J connectivity index is 1.77. The quantitative estimate of drug-likeness (QED) is 0.849. The zero-order valence-corrected chi connectivity index (χ0v) is 15.3. The van der Waals surface area contributed by atoms with Crippen LogP contribution in [0, 0.1) is 0 Å². The zero-order chi connectivity index (χ0) is 18.0. The number of anilines is 1. The zero-order valence-electron chi connectivity index (χ0n) is 15.3. The first-order chi connectivity index (χ1) is 11.9. The summed E-state index contributed by atoms with van der Waals surface area (Å²) in [6, 6.07) is 3.77. The van der Waals surface area contributed by atoms with Crippen LogP contribution in [0.4, 0.5) is 5.82 Å². The Morgan fingerprint density at radius 3 is 2.76 bits per heavy atom. The molecule has 1 spiro atoms. The number of amides is 2. The number of hydrogen-bond donors (Lipinski definition) is 1. The van der Waals surface area contributed by atoms with Gasteiger partial charge in [0, 0.05) is 58.4 Å². The number of piperazine rings is 1. The van der Waals surface area contributed by atoms with Crippen molar-refractivity contribution in [3.8, 4) is 0 Å². The van der Waals surface area contributed by atoms with E-state index in [2.05, 4.69) is 27.1 Å². The molecule has 2 aliphatic rings. The molecule has 0 saturated carbocycles. The number of nitrogens with zero attached hydrogens (tertiary/aromatic N) is 4. The average molecular weight is 345 g/mol. The number of carbonyl (C=O) groups excluding carboxylic acids is 2. The van der Waals surface area contributed by atoms with Gasteiger partial charge >= 0.3 is 0 Å². The first kappa shape index (κ1) is 17.7. The molecule has 7 nitrogen and oxygen atoms in total. The smallest absolute Gasteiger partial charge is 0.254 e. The lowest BCUT2D eigenvalue weighted by Crippen LogP contribution is -2.61. The van der Waals surface area contributed by atoms with Crippen LogP contribution >= 0.6 is 0 Å². The Morgan fingerprint density at radius 1 is 1.28 bits per heavy atom. The van der Waals surface area contributed by atoms with E-state index in [-0.39, 0.29) is 17.4 Å². The Hall–Kier alpha value is -2.15. The fourth-order valence-corrected chi connectivity index (χ4v) is 3.75. The summed E-state index contributed by atoms with van der Waals surface area (Å²) in [5.41, 5.74) is 0.596. The molecule has 1 aromatic rings. The summed E-state index contributed by atoms with van der Waals surface area (Å²) in [5.74, 6) is 1.00. The summed E-state index contributed by atoms with van der Waals surface area (Å²) >= 11 is 0. The number of aromatic nitrogens is 1. The minimum Gasteiger partial charge on any atom is -0.356 e. The third-order valence-corrected chi connectivity index (χ3v) is 5.46. The highest BCUT2D eigenvalue weighted by atomic mass is 16.2. The Morgan fingerprint density at radius 2 is 2.08 bits per heavy atom. The average Bonchev–Trinajstić information content (AvgIpc) is 2.79. The van der Waals surface area contributed by atoms with Crippen LogP contribution in [0.15, 0.2) is 18.3 Å². The van der Waals surface area contributed by atoms with Crippen LogP contribution in [0.25, 0.3) is 0 Å². The molecule has 1 atom stereocenters. The minimum absolute atomic E-state index is 0.00276. The molecule has 7 heteroatoms. The highest BCUT2D eigenvalue weighted by Crippen LogP contribution is 2.32. The topological polar surface area (TPSA) is 68.8 Å². The predicted octanol–water partition coefficient (Wildman–Crippen LogP) is 0.574. The van der Waals surface area contributed by atoms with E-state index < -0.39 is 0 Å². The van der Waals surface area contributed by atoms with E-state index >= 15 is 0 Å². The van der Waals surface area contributed by atoms with Gasteiger partial charge in [0.05, 0.1) is 5.56 Å². The van der Waals surface area contributed by atoms with E-state index in [4.69, 9.17) is 0 Å². The highest BCUT2D eigenvalue weighted by molar-refractivity contribution is 5.93. The van der Waals surface area contributed by atoms with Gasteiger partial charge in [-0.05, 0) is 32.0 Å². The van der Waals surface area contributed by atoms with E-state index in [9.17, 15) is 9.59 Å². The molecule has 2 fully saturated rings. The van der Waals surface area contributed by atoms with E-state index in [1.807, 2.05) is 12.1 Å². The van der Waals surface area contributed by atoms with Crippen molar-refractivity contribution in [3.05, 3.63) is 23.9 Å². The number of carbonyl (C=O) groups is 2. The van der Waals surface area contributed by atoms with Crippen molar-refractivity contribution in [1.82, 2.24) is 20.1 Å². The standard InChI is InChI=1S/C18H27N5O2/c1-21(2)17(25)14-4-5-15(20-12-14)23-11-10-22(3)18(13-23)7-6-16(24)19-9-8-18/h4-5,12H,6-11,13H2,1-3H3,(H,19,24). The van der Waals surface area contributed by atoms with Gasteiger partial charge < -0.3 is 15.1 Å². The lowest BCUT2D eigenvalue weighted by Gasteiger charge is -2.49. The van der Waals surface area contributed by atoms with Crippen LogP contribution < -0.4 is 10.2 Å². The molecule has 0 bridgehead atoms. The van der Waals surface area contributed by atoms with Crippen LogP contribution in [0.2, 0.25) is 0 Å². The summed E-state index contributed by atoms with van der Waals surface area (Å²) in [7, 11) is 5.63. The first-order valence-corrected chi connectivity index (χ1v) is 8.82. The molecule has 2 amide bonds. The van der Waals surface area contributed by atoms with Gasteiger partial charge in [0.2, 0.25) is 5.91 Å². The van der Waals surface area contributed by atoms with Gasteiger partial charge in [-0.2, -0.15) is 0 Å². The van der Waals surface area contributed by atoms with E-state index in [1.165, 1.54) is 0 Å². The van der Waals surface area contributed by atoms with Crippen LogP contribution in [-0.4, -0.2) is 79.5 Å². The van der Waals surface area contributed by atoms with Gasteiger partial charge in [-0.1, -0.05) is 0 Å². The Bertz CT molecular complexity index is 645.